The highest BCUT2D eigenvalue weighted by atomic mass is 32.1. The standard InChI is InChI=1S/C21H24N2O4S/c1-3-10-27-17-7-5-15(6-8-17)13-22-19(24)14-23-18(21(25)26-4-2)12-16-9-11-28-20(16)23/h5-9,11-12H,3-4,10,13-14H2,1-2H3,(H,22,24). The predicted molar refractivity (Wildman–Crippen MR) is 110 cm³/mol. The third kappa shape index (κ3) is 4.72. The normalized spacial score (nSPS) is 10.8. The van der Waals surface area contributed by atoms with Crippen LogP contribution in [0.3, 0.4) is 0 Å². The molecule has 0 spiro atoms. The maximum atomic E-state index is 12.5. The van der Waals surface area contributed by atoms with Crippen LogP contribution in [0.1, 0.15) is 36.3 Å². The molecule has 0 aliphatic carbocycles. The summed E-state index contributed by atoms with van der Waals surface area (Å²) in [6, 6.07) is 11.4. The monoisotopic (exact) mass is 400 g/mol. The van der Waals surface area contributed by atoms with Gasteiger partial charge in [-0.05, 0) is 48.6 Å². The van der Waals surface area contributed by atoms with E-state index in [9.17, 15) is 9.59 Å². The van der Waals surface area contributed by atoms with Gasteiger partial charge in [0.15, 0.2) is 0 Å². The molecule has 0 aliphatic heterocycles. The fourth-order valence-electron chi connectivity index (χ4n) is 2.83. The molecule has 0 fully saturated rings. The van der Waals surface area contributed by atoms with Gasteiger partial charge in [0.2, 0.25) is 5.91 Å². The number of rotatable bonds is 9. The molecule has 6 nitrogen and oxygen atoms in total. The fraction of sp³-hybridized carbons (Fsp3) is 0.333. The Hall–Kier alpha value is -2.80. The van der Waals surface area contributed by atoms with Crippen LogP contribution in [0.5, 0.6) is 5.75 Å². The van der Waals surface area contributed by atoms with Crippen molar-refractivity contribution in [3.05, 3.63) is 53.0 Å². The Balaban J connectivity index is 1.64. The fourth-order valence-corrected chi connectivity index (χ4v) is 3.73. The van der Waals surface area contributed by atoms with Gasteiger partial charge in [0.25, 0.3) is 0 Å². The number of esters is 1. The van der Waals surface area contributed by atoms with Crippen molar-refractivity contribution in [2.45, 2.75) is 33.4 Å². The number of nitrogens with one attached hydrogen (secondary N) is 1. The number of fused-ring (bicyclic) bond motifs is 1. The second-order valence-corrected chi connectivity index (χ2v) is 7.18. The summed E-state index contributed by atoms with van der Waals surface area (Å²) in [7, 11) is 0. The average molecular weight is 401 g/mol. The van der Waals surface area contributed by atoms with Gasteiger partial charge in [-0.25, -0.2) is 4.79 Å². The smallest absolute Gasteiger partial charge is 0.355 e. The lowest BCUT2D eigenvalue weighted by molar-refractivity contribution is -0.121. The van der Waals surface area contributed by atoms with E-state index >= 15 is 0 Å². The molecule has 0 saturated heterocycles. The van der Waals surface area contributed by atoms with Crippen molar-refractivity contribution < 1.29 is 19.1 Å². The number of carbonyl (C=O) groups excluding carboxylic acids is 2. The van der Waals surface area contributed by atoms with Gasteiger partial charge in [0, 0.05) is 11.9 Å². The van der Waals surface area contributed by atoms with E-state index in [1.54, 1.807) is 17.6 Å². The number of thiophene rings is 1. The number of carbonyl (C=O) groups is 2. The lowest BCUT2D eigenvalue weighted by Crippen LogP contribution is -2.28. The van der Waals surface area contributed by atoms with Gasteiger partial charge >= 0.3 is 5.97 Å². The summed E-state index contributed by atoms with van der Waals surface area (Å²) in [5.74, 6) is 0.243. The molecular formula is C21H24N2O4S. The summed E-state index contributed by atoms with van der Waals surface area (Å²) in [5, 5.41) is 5.78. The molecule has 2 heterocycles. The summed E-state index contributed by atoms with van der Waals surface area (Å²) in [5.41, 5.74) is 1.38. The maximum Gasteiger partial charge on any atom is 0.355 e. The second kappa shape index (κ2) is 9.41. The Kier molecular flexibility index (Phi) is 6.71. The van der Waals surface area contributed by atoms with Gasteiger partial charge in [-0.15, -0.1) is 11.3 Å². The highest BCUT2D eigenvalue weighted by Gasteiger charge is 2.19. The van der Waals surface area contributed by atoms with Crippen LogP contribution >= 0.6 is 11.3 Å². The molecule has 7 heteroatoms. The number of nitrogens with zero attached hydrogens (tertiary/aromatic N) is 1. The second-order valence-electron chi connectivity index (χ2n) is 6.29. The van der Waals surface area contributed by atoms with E-state index in [-0.39, 0.29) is 12.5 Å². The molecule has 1 aromatic carbocycles. The van der Waals surface area contributed by atoms with Crippen molar-refractivity contribution in [1.82, 2.24) is 9.88 Å². The first-order chi connectivity index (χ1) is 13.6. The van der Waals surface area contributed by atoms with Crippen molar-refractivity contribution in [2.24, 2.45) is 0 Å². The van der Waals surface area contributed by atoms with Crippen LogP contribution < -0.4 is 10.1 Å². The van der Waals surface area contributed by atoms with Gasteiger partial charge in [-0.3, -0.25) is 4.79 Å². The summed E-state index contributed by atoms with van der Waals surface area (Å²) in [6.07, 6.45) is 0.961. The highest BCUT2D eigenvalue weighted by molar-refractivity contribution is 7.16. The van der Waals surface area contributed by atoms with Crippen molar-refractivity contribution in [3.63, 3.8) is 0 Å². The minimum absolute atomic E-state index is 0.0653. The van der Waals surface area contributed by atoms with E-state index in [1.165, 1.54) is 11.3 Å². The topological polar surface area (TPSA) is 69.6 Å². The van der Waals surface area contributed by atoms with Crippen LogP contribution in [-0.2, 0) is 22.6 Å². The van der Waals surface area contributed by atoms with Crippen LogP contribution in [0.25, 0.3) is 10.2 Å². The van der Waals surface area contributed by atoms with Crippen LogP contribution in [0, 0.1) is 0 Å². The van der Waals surface area contributed by atoms with Crippen molar-refractivity contribution >= 4 is 33.4 Å². The molecule has 0 atom stereocenters. The van der Waals surface area contributed by atoms with Crippen LogP contribution in [0.2, 0.25) is 0 Å². The Morgan fingerprint density at radius 2 is 1.93 bits per heavy atom. The minimum Gasteiger partial charge on any atom is -0.494 e. The maximum absolute atomic E-state index is 12.5. The van der Waals surface area contributed by atoms with Crippen molar-refractivity contribution in [2.75, 3.05) is 13.2 Å². The zero-order valence-electron chi connectivity index (χ0n) is 16.1. The molecule has 28 heavy (non-hydrogen) atoms. The number of hydrogen-bond acceptors (Lipinski definition) is 5. The zero-order chi connectivity index (χ0) is 19.9. The molecule has 2 aromatic heterocycles. The van der Waals surface area contributed by atoms with E-state index in [4.69, 9.17) is 9.47 Å². The lowest BCUT2D eigenvalue weighted by Gasteiger charge is -2.11. The quantitative estimate of drug-likeness (QED) is 0.552. The van der Waals surface area contributed by atoms with Gasteiger partial charge in [0.1, 0.15) is 22.8 Å². The molecule has 0 bridgehead atoms. The Morgan fingerprint density at radius 1 is 1.14 bits per heavy atom. The summed E-state index contributed by atoms with van der Waals surface area (Å²) in [4.78, 5) is 25.6. The van der Waals surface area contributed by atoms with E-state index in [0.29, 0.717) is 25.5 Å². The number of benzene rings is 1. The largest absolute Gasteiger partial charge is 0.494 e. The van der Waals surface area contributed by atoms with E-state index in [2.05, 4.69) is 12.2 Å². The van der Waals surface area contributed by atoms with Crippen LogP contribution in [0.15, 0.2) is 41.8 Å². The zero-order valence-corrected chi connectivity index (χ0v) is 16.9. The molecule has 0 aliphatic rings. The van der Waals surface area contributed by atoms with Crippen LogP contribution in [0.4, 0.5) is 0 Å². The van der Waals surface area contributed by atoms with Crippen molar-refractivity contribution in [3.8, 4) is 5.75 Å². The molecule has 3 rings (SSSR count). The molecule has 148 valence electrons. The van der Waals surface area contributed by atoms with Gasteiger partial charge < -0.3 is 19.4 Å². The number of aromatic nitrogens is 1. The summed E-state index contributed by atoms with van der Waals surface area (Å²) < 4.78 is 12.4. The molecule has 0 unspecified atom stereocenters. The van der Waals surface area contributed by atoms with Gasteiger partial charge in [-0.2, -0.15) is 0 Å². The average Bonchev–Trinajstić information content (AvgIpc) is 3.28. The first kappa shape index (κ1) is 19.9. The molecule has 1 N–H and O–H groups in total. The Labute approximate surface area is 168 Å². The third-order valence-corrected chi connectivity index (χ3v) is 5.13. The first-order valence-corrected chi connectivity index (χ1v) is 10.2. The molecule has 3 aromatic rings. The van der Waals surface area contributed by atoms with Gasteiger partial charge in [-0.1, -0.05) is 19.1 Å². The van der Waals surface area contributed by atoms with E-state index < -0.39 is 5.97 Å². The highest BCUT2D eigenvalue weighted by Crippen LogP contribution is 2.26. The Morgan fingerprint density at radius 3 is 2.64 bits per heavy atom. The minimum atomic E-state index is -0.415. The van der Waals surface area contributed by atoms with Crippen molar-refractivity contribution in [1.29, 1.82) is 0 Å². The Bertz CT molecular complexity index is 943. The summed E-state index contributed by atoms with van der Waals surface area (Å²) >= 11 is 1.50. The first-order valence-electron chi connectivity index (χ1n) is 9.34. The van der Waals surface area contributed by atoms with E-state index in [0.717, 1.165) is 28.0 Å². The van der Waals surface area contributed by atoms with E-state index in [1.807, 2.05) is 35.7 Å². The predicted octanol–water partition coefficient (Wildman–Crippen LogP) is 3.98. The molecular weight excluding hydrogens is 376 g/mol. The third-order valence-electron chi connectivity index (χ3n) is 4.17. The number of ether oxygens (including phenoxy) is 2. The molecule has 0 radical (unpaired) electrons. The SMILES string of the molecule is CCCOc1ccc(CNC(=O)Cn2c(C(=O)OCC)cc3ccsc32)cc1. The summed E-state index contributed by atoms with van der Waals surface area (Å²) in [6.45, 7) is 5.28. The lowest BCUT2D eigenvalue weighted by atomic mass is 10.2. The number of amides is 1. The molecule has 1 amide bonds. The number of hydrogen-bond donors (Lipinski definition) is 1. The molecule has 0 saturated carbocycles. The van der Waals surface area contributed by atoms with Crippen LogP contribution in [-0.4, -0.2) is 29.7 Å². The van der Waals surface area contributed by atoms with Gasteiger partial charge in [0.05, 0.1) is 13.2 Å².